The lowest BCUT2D eigenvalue weighted by atomic mass is 9.98. The molecule has 1 atom stereocenters. The summed E-state index contributed by atoms with van der Waals surface area (Å²) in [5.41, 5.74) is 2.47. The Kier molecular flexibility index (Phi) is 4.03. The highest BCUT2D eigenvalue weighted by atomic mass is 32.1. The van der Waals surface area contributed by atoms with E-state index in [1.54, 1.807) is 7.11 Å². The summed E-state index contributed by atoms with van der Waals surface area (Å²) in [6, 6.07) is 8.67. The van der Waals surface area contributed by atoms with Crippen molar-refractivity contribution in [3.63, 3.8) is 0 Å². The molecule has 106 valence electrons. The minimum Gasteiger partial charge on any atom is -0.497 e. The van der Waals surface area contributed by atoms with E-state index in [1.165, 1.54) is 29.0 Å². The molecule has 1 aliphatic carbocycles. The van der Waals surface area contributed by atoms with Crippen molar-refractivity contribution >= 4 is 11.3 Å². The maximum absolute atomic E-state index is 5.21. The number of aryl methyl sites for hydroxylation is 1. The number of thiazole rings is 1. The molecule has 4 heteroatoms. The van der Waals surface area contributed by atoms with Gasteiger partial charge in [-0.15, -0.1) is 11.3 Å². The van der Waals surface area contributed by atoms with Crippen molar-refractivity contribution in [1.29, 1.82) is 0 Å². The predicted octanol–water partition coefficient (Wildman–Crippen LogP) is 3.81. The first-order chi connectivity index (χ1) is 9.81. The molecule has 0 bridgehead atoms. The predicted molar refractivity (Wildman–Crippen MR) is 83.5 cm³/mol. The normalized spacial score (nSPS) is 17.8. The molecule has 20 heavy (non-hydrogen) atoms. The summed E-state index contributed by atoms with van der Waals surface area (Å²) in [4.78, 5) is 6.28. The van der Waals surface area contributed by atoms with Gasteiger partial charge in [0.25, 0.3) is 0 Å². The summed E-state index contributed by atoms with van der Waals surface area (Å²) in [6.45, 7) is 3.18. The number of nitrogens with zero attached hydrogens (tertiary/aromatic N) is 1. The number of hydrogen-bond acceptors (Lipinski definition) is 4. The lowest BCUT2D eigenvalue weighted by Crippen LogP contribution is -2.23. The molecule has 0 saturated carbocycles. The number of fused-ring (bicyclic) bond motifs is 1. The number of aromatic nitrogens is 1. The fourth-order valence-corrected chi connectivity index (χ4v) is 3.94. The zero-order valence-corrected chi connectivity index (χ0v) is 12.8. The van der Waals surface area contributed by atoms with E-state index in [4.69, 9.17) is 9.72 Å². The Labute approximate surface area is 124 Å². The molecule has 3 nitrogen and oxygen atoms in total. The van der Waals surface area contributed by atoms with Gasteiger partial charge in [0.2, 0.25) is 0 Å². The minimum absolute atomic E-state index is 0.494. The molecule has 3 rings (SSSR count). The molecule has 0 spiro atoms. The van der Waals surface area contributed by atoms with E-state index in [2.05, 4.69) is 24.4 Å². The maximum Gasteiger partial charge on any atom is 0.123 e. The van der Waals surface area contributed by atoms with Crippen molar-refractivity contribution in [2.24, 2.45) is 0 Å². The van der Waals surface area contributed by atoms with E-state index in [1.807, 2.05) is 23.5 Å². The largest absolute Gasteiger partial charge is 0.497 e. The van der Waals surface area contributed by atoms with Crippen LogP contribution in [0.3, 0.4) is 0 Å². The van der Waals surface area contributed by atoms with E-state index >= 15 is 0 Å². The number of hydrogen-bond donors (Lipinski definition) is 1. The van der Waals surface area contributed by atoms with Gasteiger partial charge in [0.15, 0.2) is 0 Å². The van der Waals surface area contributed by atoms with Crippen LogP contribution in [0.2, 0.25) is 0 Å². The van der Waals surface area contributed by atoms with Crippen LogP contribution in [0.25, 0.3) is 10.6 Å². The third-order valence-electron chi connectivity index (χ3n) is 3.74. The standard InChI is InChI=1S/C16H20N2OS/c1-3-17-13-5-4-6-14-15(13)20-16(18-14)11-7-9-12(19-2)10-8-11/h7-10,13,17H,3-6H2,1-2H3. The Bertz CT molecular complexity index is 577. The molecule has 0 fully saturated rings. The lowest BCUT2D eigenvalue weighted by Gasteiger charge is -2.21. The zero-order chi connectivity index (χ0) is 13.9. The SMILES string of the molecule is CCNC1CCCc2nc(-c3ccc(OC)cc3)sc21. The van der Waals surface area contributed by atoms with Crippen LogP contribution >= 0.6 is 11.3 Å². The first-order valence-electron chi connectivity index (χ1n) is 7.19. The van der Waals surface area contributed by atoms with E-state index in [0.29, 0.717) is 6.04 Å². The third kappa shape index (κ3) is 2.58. The van der Waals surface area contributed by atoms with Crippen LogP contribution in [-0.4, -0.2) is 18.6 Å². The van der Waals surface area contributed by atoms with Crippen molar-refractivity contribution in [3.05, 3.63) is 34.8 Å². The Morgan fingerprint density at radius 1 is 1.35 bits per heavy atom. The lowest BCUT2D eigenvalue weighted by molar-refractivity contribution is 0.415. The summed E-state index contributed by atoms with van der Waals surface area (Å²) in [5, 5.41) is 4.70. The van der Waals surface area contributed by atoms with Crippen LogP contribution < -0.4 is 10.1 Å². The van der Waals surface area contributed by atoms with Gasteiger partial charge >= 0.3 is 0 Å². The van der Waals surface area contributed by atoms with Crippen LogP contribution in [0.5, 0.6) is 5.75 Å². The number of methoxy groups -OCH3 is 1. The fraction of sp³-hybridized carbons (Fsp3) is 0.438. The molecule has 0 saturated heterocycles. The van der Waals surface area contributed by atoms with Crippen molar-refractivity contribution in [3.8, 4) is 16.3 Å². The quantitative estimate of drug-likeness (QED) is 0.929. The molecule has 1 unspecified atom stereocenters. The highest BCUT2D eigenvalue weighted by Crippen LogP contribution is 2.38. The minimum atomic E-state index is 0.494. The van der Waals surface area contributed by atoms with Crippen LogP contribution in [0, 0.1) is 0 Å². The Morgan fingerprint density at radius 2 is 2.15 bits per heavy atom. The smallest absolute Gasteiger partial charge is 0.123 e. The molecule has 0 amide bonds. The molecule has 2 aromatic rings. The van der Waals surface area contributed by atoms with E-state index in [9.17, 15) is 0 Å². The molecule has 0 aliphatic heterocycles. The van der Waals surface area contributed by atoms with Crippen LogP contribution in [0.1, 0.15) is 36.4 Å². The van der Waals surface area contributed by atoms with Gasteiger partial charge in [0.1, 0.15) is 10.8 Å². The Morgan fingerprint density at radius 3 is 2.85 bits per heavy atom. The number of rotatable bonds is 4. The fourth-order valence-electron chi connectivity index (χ4n) is 2.72. The van der Waals surface area contributed by atoms with Gasteiger partial charge in [0.05, 0.1) is 12.8 Å². The highest BCUT2D eigenvalue weighted by Gasteiger charge is 2.24. The number of ether oxygens (including phenoxy) is 1. The molecular weight excluding hydrogens is 268 g/mol. The van der Waals surface area contributed by atoms with E-state index in [0.717, 1.165) is 23.7 Å². The van der Waals surface area contributed by atoms with Crippen molar-refractivity contribution in [1.82, 2.24) is 10.3 Å². The second-order valence-electron chi connectivity index (χ2n) is 5.06. The van der Waals surface area contributed by atoms with Crippen molar-refractivity contribution in [2.45, 2.75) is 32.2 Å². The molecule has 0 radical (unpaired) electrons. The maximum atomic E-state index is 5.21. The summed E-state index contributed by atoms with van der Waals surface area (Å²) in [5.74, 6) is 0.889. The molecular formula is C16H20N2OS. The summed E-state index contributed by atoms with van der Waals surface area (Å²) in [6.07, 6.45) is 3.57. The Balaban J connectivity index is 1.91. The average Bonchev–Trinajstić information content (AvgIpc) is 2.93. The van der Waals surface area contributed by atoms with Gasteiger partial charge < -0.3 is 10.1 Å². The molecule has 1 aromatic heterocycles. The van der Waals surface area contributed by atoms with Gasteiger partial charge in [0, 0.05) is 16.5 Å². The summed E-state index contributed by atoms with van der Waals surface area (Å²) in [7, 11) is 1.69. The van der Waals surface area contributed by atoms with Crippen LogP contribution in [-0.2, 0) is 6.42 Å². The monoisotopic (exact) mass is 288 g/mol. The molecule has 1 heterocycles. The first-order valence-corrected chi connectivity index (χ1v) is 8.01. The van der Waals surface area contributed by atoms with E-state index < -0.39 is 0 Å². The van der Waals surface area contributed by atoms with Gasteiger partial charge in [-0.3, -0.25) is 0 Å². The molecule has 1 N–H and O–H groups in total. The van der Waals surface area contributed by atoms with Crippen LogP contribution in [0.4, 0.5) is 0 Å². The molecule has 1 aliphatic rings. The summed E-state index contributed by atoms with van der Waals surface area (Å²) >= 11 is 1.84. The number of nitrogens with one attached hydrogen (secondary N) is 1. The second-order valence-corrected chi connectivity index (χ2v) is 6.09. The second kappa shape index (κ2) is 5.94. The zero-order valence-electron chi connectivity index (χ0n) is 12.0. The number of benzene rings is 1. The molecule has 1 aromatic carbocycles. The van der Waals surface area contributed by atoms with E-state index in [-0.39, 0.29) is 0 Å². The van der Waals surface area contributed by atoms with Gasteiger partial charge in [-0.1, -0.05) is 6.92 Å². The van der Waals surface area contributed by atoms with Crippen LogP contribution in [0.15, 0.2) is 24.3 Å². The highest BCUT2D eigenvalue weighted by molar-refractivity contribution is 7.15. The average molecular weight is 288 g/mol. The van der Waals surface area contributed by atoms with Crippen molar-refractivity contribution in [2.75, 3.05) is 13.7 Å². The van der Waals surface area contributed by atoms with Gasteiger partial charge in [-0.2, -0.15) is 0 Å². The topological polar surface area (TPSA) is 34.2 Å². The Hall–Kier alpha value is -1.39. The van der Waals surface area contributed by atoms with Gasteiger partial charge in [-0.25, -0.2) is 4.98 Å². The van der Waals surface area contributed by atoms with Gasteiger partial charge in [-0.05, 0) is 50.1 Å². The first kappa shape index (κ1) is 13.6. The third-order valence-corrected chi connectivity index (χ3v) is 5.00. The van der Waals surface area contributed by atoms with Crippen molar-refractivity contribution < 1.29 is 4.74 Å². The summed E-state index contributed by atoms with van der Waals surface area (Å²) < 4.78 is 5.21.